The fourth-order valence-electron chi connectivity index (χ4n) is 0.555. The van der Waals surface area contributed by atoms with Crippen molar-refractivity contribution in [3.05, 3.63) is 30.3 Å². The zero-order valence-corrected chi connectivity index (χ0v) is 7.27. The quantitative estimate of drug-likeness (QED) is 0.407. The number of para-hydroxylation sites is 1. The highest BCUT2D eigenvalue weighted by atomic mass is 32.2. The van der Waals surface area contributed by atoms with Gasteiger partial charge >= 0.3 is 0 Å². The smallest absolute Gasteiger partial charge is 0.284 e. The zero-order chi connectivity index (χ0) is 10.1. The molecule has 0 bridgehead atoms. The van der Waals surface area contributed by atoms with Crippen LogP contribution >= 0.6 is 0 Å². The largest absolute Gasteiger partial charge is 0.299 e. The van der Waals surface area contributed by atoms with Crippen LogP contribution in [0.1, 0.15) is 0 Å². The van der Waals surface area contributed by atoms with Crippen LogP contribution in [0.25, 0.3) is 0 Å². The zero-order valence-electron chi connectivity index (χ0n) is 6.45. The molecule has 0 saturated carbocycles. The van der Waals surface area contributed by atoms with Crippen LogP contribution in [0.3, 0.4) is 0 Å². The molecule has 1 aromatic carbocycles. The van der Waals surface area contributed by atoms with E-state index in [0.29, 0.717) is 5.69 Å². The molecule has 0 saturated heterocycles. The third kappa shape index (κ3) is 8.58. The highest BCUT2D eigenvalue weighted by Crippen LogP contribution is 2.06. The number of carbonyl (C=O) groups excluding carboxylic acids is 1. The van der Waals surface area contributed by atoms with Gasteiger partial charge in [-0.05, 0) is 12.1 Å². The van der Waals surface area contributed by atoms with Gasteiger partial charge in [0.05, 0.1) is 5.69 Å². The number of hydrogen-bond donors (Lipinski definition) is 2. The molecule has 0 heterocycles. The Balaban J connectivity index is 0.000000310. The van der Waals surface area contributed by atoms with Crippen molar-refractivity contribution in [3.8, 4) is 0 Å². The van der Waals surface area contributed by atoms with E-state index in [0.717, 1.165) is 0 Å². The average Bonchev–Trinajstić information content (AvgIpc) is 2.06. The SMILES string of the molecule is O=C=Nc1ccccc1.O=S(O)O. The predicted octanol–water partition coefficient (Wildman–Crippen LogP) is 1.33. The molecule has 0 aromatic heterocycles. The van der Waals surface area contributed by atoms with Crippen molar-refractivity contribution in [1.82, 2.24) is 0 Å². The summed E-state index contributed by atoms with van der Waals surface area (Å²) in [7, 11) is 0. The lowest BCUT2D eigenvalue weighted by Gasteiger charge is -1.83. The second-order valence-electron chi connectivity index (χ2n) is 1.77. The Morgan fingerprint density at radius 2 is 1.69 bits per heavy atom. The lowest BCUT2D eigenvalue weighted by molar-refractivity contribution is 0.454. The molecule has 0 radical (unpaired) electrons. The lowest BCUT2D eigenvalue weighted by Crippen LogP contribution is -1.74. The van der Waals surface area contributed by atoms with Gasteiger partial charge in [-0.2, -0.15) is 9.20 Å². The van der Waals surface area contributed by atoms with Gasteiger partial charge in [-0.15, -0.1) is 0 Å². The average molecular weight is 201 g/mol. The first-order valence-corrected chi connectivity index (χ1v) is 4.16. The minimum atomic E-state index is -2.61. The first kappa shape index (κ1) is 11.7. The van der Waals surface area contributed by atoms with Gasteiger partial charge in [0.15, 0.2) is 0 Å². The summed E-state index contributed by atoms with van der Waals surface area (Å²) < 4.78 is 22.8. The molecule has 2 N–H and O–H groups in total. The van der Waals surface area contributed by atoms with Crippen LogP contribution in [-0.4, -0.2) is 19.4 Å². The number of rotatable bonds is 1. The number of nitrogens with zero attached hydrogens (tertiary/aromatic N) is 1. The Kier molecular flexibility index (Phi) is 6.58. The fraction of sp³-hybridized carbons (Fsp3) is 0. The van der Waals surface area contributed by atoms with Crippen molar-refractivity contribution >= 4 is 23.1 Å². The Morgan fingerprint density at radius 1 is 1.23 bits per heavy atom. The molecule has 0 spiro atoms. The van der Waals surface area contributed by atoms with E-state index in [1.54, 1.807) is 12.1 Å². The second-order valence-corrected chi connectivity index (χ2v) is 2.23. The Bertz CT molecular complexity index is 304. The monoisotopic (exact) mass is 201 g/mol. The maximum Gasteiger partial charge on any atom is 0.299 e. The summed E-state index contributed by atoms with van der Waals surface area (Å²) >= 11 is -2.61. The first-order chi connectivity index (χ1) is 6.16. The molecule has 6 heteroatoms. The van der Waals surface area contributed by atoms with E-state index in [1.165, 1.54) is 6.08 Å². The van der Waals surface area contributed by atoms with Crippen LogP contribution in [0.4, 0.5) is 5.69 Å². The molecule has 0 atom stereocenters. The Hall–Kier alpha value is -1.33. The van der Waals surface area contributed by atoms with E-state index >= 15 is 0 Å². The van der Waals surface area contributed by atoms with Crippen LogP contribution in [0, 0.1) is 0 Å². The van der Waals surface area contributed by atoms with Crippen molar-refractivity contribution in [2.75, 3.05) is 0 Å². The summed E-state index contributed by atoms with van der Waals surface area (Å²) in [5.74, 6) is 0. The van der Waals surface area contributed by atoms with E-state index in [4.69, 9.17) is 13.3 Å². The van der Waals surface area contributed by atoms with E-state index in [-0.39, 0.29) is 0 Å². The van der Waals surface area contributed by atoms with Gasteiger partial charge in [0.2, 0.25) is 6.08 Å². The van der Waals surface area contributed by atoms with E-state index in [9.17, 15) is 4.79 Å². The van der Waals surface area contributed by atoms with Gasteiger partial charge in [-0.1, -0.05) is 18.2 Å². The van der Waals surface area contributed by atoms with Crippen LogP contribution in [0.2, 0.25) is 0 Å². The van der Waals surface area contributed by atoms with Crippen molar-refractivity contribution in [2.45, 2.75) is 0 Å². The highest BCUT2D eigenvalue weighted by molar-refractivity contribution is 7.73. The van der Waals surface area contributed by atoms with Gasteiger partial charge in [0.1, 0.15) is 0 Å². The summed E-state index contributed by atoms with van der Waals surface area (Å²) in [4.78, 5) is 13.1. The molecule has 0 unspecified atom stereocenters. The minimum Gasteiger partial charge on any atom is -0.284 e. The van der Waals surface area contributed by atoms with Gasteiger partial charge in [0.25, 0.3) is 11.4 Å². The molecule has 13 heavy (non-hydrogen) atoms. The summed E-state index contributed by atoms with van der Waals surface area (Å²) in [5, 5.41) is 0. The maximum absolute atomic E-state index is 9.68. The third-order valence-electron chi connectivity index (χ3n) is 0.931. The molecule has 1 aromatic rings. The van der Waals surface area contributed by atoms with Crippen molar-refractivity contribution in [2.24, 2.45) is 4.99 Å². The first-order valence-electron chi connectivity index (χ1n) is 3.09. The molecular weight excluding hydrogens is 194 g/mol. The molecule has 1 rings (SSSR count). The number of benzene rings is 1. The lowest BCUT2D eigenvalue weighted by atomic mass is 10.3. The Labute approximate surface area is 77.2 Å². The third-order valence-corrected chi connectivity index (χ3v) is 0.931. The topological polar surface area (TPSA) is 87.0 Å². The van der Waals surface area contributed by atoms with E-state index in [2.05, 4.69) is 4.99 Å². The molecule has 0 fully saturated rings. The van der Waals surface area contributed by atoms with Crippen LogP contribution in [0.15, 0.2) is 35.3 Å². The molecule has 0 aliphatic heterocycles. The van der Waals surface area contributed by atoms with Crippen LogP contribution in [-0.2, 0) is 16.2 Å². The molecule has 5 nitrogen and oxygen atoms in total. The summed E-state index contributed by atoms with van der Waals surface area (Å²) in [5.41, 5.74) is 0.646. The standard InChI is InChI=1S/C7H5NO.H2O3S/c9-6-8-7-4-2-1-3-5-7;1-4(2)3/h1-5H;(H2,1,2,3). The van der Waals surface area contributed by atoms with Gasteiger partial charge < -0.3 is 0 Å². The van der Waals surface area contributed by atoms with Crippen molar-refractivity contribution in [1.29, 1.82) is 0 Å². The predicted molar refractivity (Wildman–Crippen MR) is 47.6 cm³/mol. The molecule has 0 aliphatic rings. The number of isocyanates is 1. The highest BCUT2D eigenvalue weighted by Gasteiger charge is 1.79. The number of hydrogen-bond acceptors (Lipinski definition) is 3. The van der Waals surface area contributed by atoms with Gasteiger partial charge in [-0.3, -0.25) is 9.11 Å². The van der Waals surface area contributed by atoms with E-state index < -0.39 is 11.4 Å². The molecule has 70 valence electrons. The molecule has 0 aliphatic carbocycles. The normalized spacial score (nSPS) is 8.23. The van der Waals surface area contributed by atoms with Crippen LogP contribution in [0.5, 0.6) is 0 Å². The van der Waals surface area contributed by atoms with E-state index in [1.807, 2.05) is 18.2 Å². The summed E-state index contributed by atoms with van der Waals surface area (Å²) in [6.07, 6.45) is 1.46. The van der Waals surface area contributed by atoms with Crippen molar-refractivity contribution in [3.63, 3.8) is 0 Å². The minimum absolute atomic E-state index is 0.646. The summed E-state index contributed by atoms with van der Waals surface area (Å²) in [6.45, 7) is 0. The second kappa shape index (κ2) is 7.33. The maximum atomic E-state index is 9.68. The van der Waals surface area contributed by atoms with Crippen molar-refractivity contribution < 1.29 is 18.1 Å². The van der Waals surface area contributed by atoms with Gasteiger partial charge in [0, 0.05) is 0 Å². The number of aliphatic imine (C=N–C) groups is 1. The fourth-order valence-corrected chi connectivity index (χ4v) is 0.555. The molecular formula is C7H7NO4S. The van der Waals surface area contributed by atoms with Crippen LogP contribution < -0.4 is 0 Å². The Morgan fingerprint density at radius 3 is 2.08 bits per heavy atom. The van der Waals surface area contributed by atoms with Gasteiger partial charge in [-0.25, -0.2) is 4.79 Å². The molecule has 0 amide bonds. The summed E-state index contributed by atoms with van der Waals surface area (Å²) in [6, 6.07) is 8.98.